The molecular formula is C9H13N3. The molecule has 0 amide bonds. The van der Waals surface area contributed by atoms with Gasteiger partial charge in [-0.15, -0.1) is 0 Å². The summed E-state index contributed by atoms with van der Waals surface area (Å²) in [5.41, 5.74) is 6.92. The zero-order valence-corrected chi connectivity index (χ0v) is 7.25. The SMILES string of the molecule is CN1CCCc2ccc(N)nc21. The van der Waals surface area contributed by atoms with Gasteiger partial charge >= 0.3 is 0 Å². The van der Waals surface area contributed by atoms with Gasteiger partial charge in [0.1, 0.15) is 11.6 Å². The molecule has 2 heterocycles. The van der Waals surface area contributed by atoms with E-state index in [1.165, 1.54) is 12.0 Å². The molecule has 0 bridgehead atoms. The molecule has 2 N–H and O–H groups in total. The molecule has 0 saturated heterocycles. The maximum absolute atomic E-state index is 5.61. The molecule has 0 radical (unpaired) electrons. The molecule has 1 aromatic heterocycles. The molecule has 3 heteroatoms. The van der Waals surface area contributed by atoms with Crippen LogP contribution in [0.5, 0.6) is 0 Å². The fraction of sp³-hybridized carbons (Fsp3) is 0.444. The van der Waals surface area contributed by atoms with E-state index >= 15 is 0 Å². The van der Waals surface area contributed by atoms with Crippen molar-refractivity contribution in [3.05, 3.63) is 17.7 Å². The van der Waals surface area contributed by atoms with Crippen molar-refractivity contribution >= 4 is 11.6 Å². The van der Waals surface area contributed by atoms with Crippen molar-refractivity contribution in [2.24, 2.45) is 0 Å². The van der Waals surface area contributed by atoms with E-state index in [0.29, 0.717) is 5.82 Å². The van der Waals surface area contributed by atoms with Crippen LogP contribution in [-0.2, 0) is 6.42 Å². The average Bonchev–Trinajstić information content (AvgIpc) is 2.07. The number of hydrogen-bond acceptors (Lipinski definition) is 3. The third-order valence-electron chi connectivity index (χ3n) is 2.28. The molecule has 1 aliphatic rings. The van der Waals surface area contributed by atoms with Crippen molar-refractivity contribution < 1.29 is 0 Å². The van der Waals surface area contributed by atoms with Gasteiger partial charge in [-0.25, -0.2) is 4.98 Å². The predicted molar refractivity (Wildman–Crippen MR) is 50.2 cm³/mol. The molecule has 2 rings (SSSR count). The molecule has 0 spiro atoms. The van der Waals surface area contributed by atoms with E-state index in [0.717, 1.165) is 18.8 Å². The first-order chi connectivity index (χ1) is 5.77. The van der Waals surface area contributed by atoms with Gasteiger partial charge in [-0.05, 0) is 24.5 Å². The number of aryl methyl sites for hydroxylation is 1. The smallest absolute Gasteiger partial charge is 0.133 e. The number of aromatic nitrogens is 1. The van der Waals surface area contributed by atoms with Crippen molar-refractivity contribution in [2.75, 3.05) is 24.2 Å². The lowest BCUT2D eigenvalue weighted by molar-refractivity contribution is 0.731. The summed E-state index contributed by atoms with van der Waals surface area (Å²) < 4.78 is 0. The second-order valence-electron chi connectivity index (χ2n) is 3.24. The molecule has 12 heavy (non-hydrogen) atoms. The number of rotatable bonds is 0. The molecule has 64 valence electrons. The first-order valence-electron chi connectivity index (χ1n) is 4.24. The van der Waals surface area contributed by atoms with Gasteiger partial charge in [-0.1, -0.05) is 6.07 Å². The van der Waals surface area contributed by atoms with Crippen LogP contribution in [0, 0.1) is 0 Å². The minimum atomic E-state index is 0.613. The van der Waals surface area contributed by atoms with Crippen LogP contribution in [0.25, 0.3) is 0 Å². The van der Waals surface area contributed by atoms with Gasteiger partial charge in [0.2, 0.25) is 0 Å². The van der Waals surface area contributed by atoms with E-state index in [4.69, 9.17) is 5.73 Å². The Bertz CT molecular complexity index is 296. The van der Waals surface area contributed by atoms with Crippen LogP contribution in [0.1, 0.15) is 12.0 Å². The average molecular weight is 163 g/mol. The van der Waals surface area contributed by atoms with Crippen molar-refractivity contribution in [3.8, 4) is 0 Å². The van der Waals surface area contributed by atoms with E-state index in [9.17, 15) is 0 Å². The van der Waals surface area contributed by atoms with Crippen LogP contribution >= 0.6 is 0 Å². The van der Waals surface area contributed by atoms with E-state index in [-0.39, 0.29) is 0 Å². The van der Waals surface area contributed by atoms with Crippen LogP contribution in [0.4, 0.5) is 11.6 Å². The van der Waals surface area contributed by atoms with Gasteiger partial charge in [0.05, 0.1) is 0 Å². The van der Waals surface area contributed by atoms with E-state index in [2.05, 4.69) is 23.0 Å². The van der Waals surface area contributed by atoms with Gasteiger partial charge in [0.25, 0.3) is 0 Å². The molecule has 0 fully saturated rings. The molecule has 0 aliphatic carbocycles. The Hall–Kier alpha value is -1.25. The monoisotopic (exact) mass is 163 g/mol. The van der Waals surface area contributed by atoms with Crippen molar-refractivity contribution in [1.82, 2.24) is 4.98 Å². The Balaban J connectivity index is 2.47. The Morgan fingerprint density at radius 3 is 3.17 bits per heavy atom. The molecule has 3 nitrogen and oxygen atoms in total. The summed E-state index contributed by atoms with van der Waals surface area (Å²) in [5, 5.41) is 0. The van der Waals surface area contributed by atoms with Crippen molar-refractivity contribution in [3.63, 3.8) is 0 Å². The number of pyridine rings is 1. The van der Waals surface area contributed by atoms with Crippen LogP contribution in [0.15, 0.2) is 12.1 Å². The summed E-state index contributed by atoms with van der Waals surface area (Å²) in [4.78, 5) is 6.46. The number of hydrogen-bond donors (Lipinski definition) is 1. The number of nitrogens with two attached hydrogens (primary N) is 1. The highest BCUT2D eigenvalue weighted by Crippen LogP contribution is 2.24. The maximum Gasteiger partial charge on any atom is 0.133 e. The third kappa shape index (κ3) is 1.11. The summed E-state index contributed by atoms with van der Waals surface area (Å²) in [6.07, 6.45) is 2.35. The van der Waals surface area contributed by atoms with Gasteiger partial charge in [-0.2, -0.15) is 0 Å². The normalized spacial score (nSPS) is 15.9. The highest BCUT2D eigenvalue weighted by atomic mass is 15.2. The minimum Gasteiger partial charge on any atom is -0.384 e. The summed E-state index contributed by atoms with van der Waals surface area (Å²) in [7, 11) is 2.06. The molecule has 1 aromatic rings. The van der Waals surface area contributed by atoms with Gasteiger partial charge in [0, 0.05) is 13.6 Å². The second kappa shape index (κ2) is 2.66. The van der Waals surface area contributed by atoms with Crippen molar-refractivity contribution in [1.29, 1.82) is 0 Å². The second-order valence-corrected chi connectivity index (χ2v) is 3.24. The number of nitrogen functional groups attached to an aromatic ring is 1. The lowest BCUT2D eigenvalue weighted by Gasteiger charge is -2.25. The molecule has 0 atom stereocenters. The van der Waals surface area contributed by atoms with Crippen LogP contribution in [0.2, 0.25) is 0 Å². The van der Waals surface area contributed by atoms with Gasteiger partial charge in [0.15, 0.2) is 0 Å². The lowest BCUT2D eigenvalue weighted by atomic mass is 10.1. The predicted octanol–water partition coefficient (Wildman–Crippen LogP) is 1.05. The standard InChI is InChI=1S/C9H13N3/c1-12-6-2-3-7-4-5-8(10)11-9(7)12/h4-5H,2-3,6H2,1H3,(H2,10,11). The highest BCUT2D eigenvalue weighted by Gasteiger charge is 2.14. The maximum atomic E-state index is 5.61. The lowest BCUT2D eigenvalue weighted by Crippen LogP contribution is -2.26. The number of fused-ring (bicyclic) bond motifs is 1. The topological polar surface area (TPSA) is 42.1 Å². The quantitative estimate of drug-likeness (QED) is 0.621. The minimum absolute atomic E-state index is 0.613. The van der Waals surface area contributed by atoms with Crippen LogP contribution in [0.3, 0.4) is 0 Å². The van der Waals surface area contributed by atoms with E-state index in [1.54, 1.807) is 0 Å². The summed E-state index contributed by atoms with van der Waals surface area (Å²) >= 11 is 0. The first-order valence-corrected chi connectivity index (χ1v) is 4.24. The fourth-order valence-electron chi connectivity index (χ4n) is 1.63. The van der Waals surface area contributed by atoms with Gasteiger partial charge < -0.3 is 10.6 Å². The van der Waals surface area contributed by atoms with Crippen molar-refractivity contribution in [2.45, 2.75) is 12.8 Å². The van der Waals surface area contributed by atoms with Gasteiger partial charge in [-0.3, -0.25) is 0 Å². The molecule has 0 saturated carbocycles. The molecule has 0 aromatic carbocycles. The Morgan fingerprint density at radius 2 is 2.33 bits per heavy atom. The Kier molecular flexibility index (Phi) is 1.64. The summed E-state index contributed by atoms with van der Waals surface area (Å²) in [5.74, 6) is 1.67. The zero-order chi connectivity index (χ0) is 8.55. The van der Waals surface area contributed by atoms with Crippen LogP contribution < -0.4 is 10.6 Å². The number of anilines is 2. The highest BCUT2D eigenvalue weighted by molar-refractivity contribution is 5.52. The first kappa shape index (κ1) is 7.40. The Labute approximate surface area is 72.2 Å². The number of nitrogens with zero attached hydrogens (tertiary/aromatic N) is 2. The zero-order valence-electron chi connectivity index (χ0n) is 7.25. The summed E-state index contributed by atoms with van der Waals surface area (Å²) in [6.45, 7) is 1.09. The van der Waals surface area contributed by atoms with E-state index in [1.807, 2.05) is 6.07 Å². The third-order valence-corrected chi connectivity index (χ3v) is 2.28. The molecule has 1 aliphatic heterocycles. The molecule has 0 unspecified atom stereocenters. The van der Waals surface area contributed by atoms with E-state index < -0.39 is 0 Å². The van der Waals surface area contributed by atoms with Crippen LogP contribution in [-0.4, -0.2) is 18.6 Å². The molecular weight excluding hydrogens is 150 g/mol. The summed E-state index contributed by atoms with van der Waals surface area (Å²) in [6, 6.07) is 3.95. The fourth-order valence-corrected chi connectivity index (χ4v) is 1.63. The Morgan fingerprint density at radius 1 is 1.50 bits per heavy atom. The largest absolute Gasteiger partial charge is 0.384 e.